The van der Waals surface area contributed by atoms with E-state index in [-0.39, 0.29) is 5.97 Å². The van der Waals surface area contributed by atoms with Crippen molar-refractivity contribution in [1.29, 1.82) is 0 Å². The molecule has 7 nitrogen and oxygen atoms in total. The van der Waals surface area contributed by atoms with Crippen LogP contribution in [0.4, 0.5) is 0 Å². The normalized spacial score (nSPS) is 18.4. The summed E-state index contributed by atoms with van der Waals surface area (Å²) in [6.07, 6.45) is 0. The number of hydrogen-bond donors (Lipinski definition) is 0. The minimum absolute atomic E-state index is 0.239. The molecule has 8 heteroatoms. The standard InChI is InChI=1S/C22H31BrN4O3/c1-5-27-17-11-16(23)21-15(12-25(4)14-30-21)19(17)20(22(28)29-6-2)18(27)13-26-9-7-24(3)8-10-26/h11H,5-10,12-14H2,1-4H3. The summed E-state index contributed by atoms with van der Waals surface area (Å²) in [6.45, 7) is 11.2. The maximum absolute atomic E-state index is 13.2. The molecule has 1 fully saturated rings. The fraction of sp³-hybridized carbons (Fsp3) is 0.591. The van der Waals surface area contributed by atoms with Crippen LogP contribution in [0.2, 0.25) is 0 Å². The molecule has 0 atom stereocenters. The Hall–Kier alpha value is -1.61. The van der Waals surface area contributed by atoms with E-state index in [0.29, 0.717) is 18.9 Å². The SMILES string of the molecule is CCOC(=O)c1c(CN2CCN(C)CC2)n(CC)c2cc(Br)c3c(c12)CN(C)CO3. The fourth-order valence-corrected chi connectivity index (χ4v) is 5.12. The van der Waals surface area contributed by atoms with Crippen LogP contribution in [0.3, 0.4) is 0 Å². The highest BCUT2D eigenvalue weighted by molar-refractivity contribution is 9.10. The summed E-state index contributed by atoms with van der Waals surface area (Å²) in [4.78, 5) is 20.1. The number of rotatable bonds is 5. The Bertz CT molecular complexity index is 950. The van der Waals surface area contributed by atoms with Crippen LogP contribution in [0.1, 0.15) is 35.5 Å². The van der Waals surface area contributed by atoms with E-state index in [0.717, 1.165) is 78.2 Å². The molecule has 4 rings (SSSR count). The summed E-state index contributed by atoms with van der Waals surface area (Å²) in [5.41, 5.74) is 3.87. The van der Waals surface area contributed by atoms with E-state index in [2.05, 4.69) is 55.2 Å². The van der Waals surface area contributed by atoms with Crippen LogP contribution < -0.4 is 4.74 Å². The van der Waals surface area contributed by atoms with Crippen LogP contribution in [0, 0.1) is 0 Å². The number of aromatic nitrogens is 1. The lowest BCUT2D eigenvalue weighted by Gasteiger charge is -2.32. The molecular formula is C22H31BrN4O3. The van der Waals surface area contributed by atoms with E-state index in [9.17, 15) is 4.79 Å². The predicted molar refractivity (Wildman–Crippen MR) is 121 cm³/mol. The van der Waals surface area contributed by atoms with Gasteiger partial charge in [-0.1, -0.05) is 0 Å². The van der Waals surface area contributed by atoms with E-state index in [4.69, 9.17) is 9.47 Å². The first kappa shape index (κ1) is 21.6. The van der Waals surface area contributed by atoms with Gasteiger partial charge < -0.3 is 18.9 Å². The number of aryl methyl sites for hydroxylation is 1. The molecule has 2 aliphatic rings. The van der Waals surface area contributed by atoms with Gasteiger partial charge in [0.2, 0.25) is 0 Å². The molecule has 30 heavy (non-hydrogen) atoms. The van der Waals surface area contributed by atoms with Crippen LogP contribution in [-0.4, -0.2) is 78.8 Å². The molecule has 0 N–H and O–H groups in total. The maximum atomic E-state index is 13.2. The third kappa shape index (κ3) is 3.86. The number of nitrogens with zero attached hydrogens (tertiary/aromatic N) is 4. The van der Waals surface area contributed by atoms with Gasteiger partial charge in [0.05, 0.1) is 22.2 Å². The number of halogens is 1. The van der Waals surface area contributed by atoms with Crippen molar-refractivity contribution >= 4 is 32.8 Å². The predicted octanol–water partition coefficient (Wildman–Crippen LogP) is 3.13. The van der Waals surface area contributed by atoms with E-state index >= 15 is 0 Å². The maximum Gasteiger partial charge on any atom is 0.340 e. The molecule has 0 amide bonds. The average molecular weight is 479 g/mol. The lowest BCUT2D eigenvalue weighted by Crippen LogP contribution is -2.44. The molecule has 0 spiro atoms. The first-order valence-corrected chi connectivity index (χ1v) is 11.5. The first-order valence-electron chi connectivity index (χ1n) is 10.7. The lowest BCUT2D eigenvalue weighted by molar-refractivity contribution is 0.0524. The van der Waals surface area contributed by atoms with Crippen molar-refractivity contribution in [2.45, 2.75) is 33.5 Å². The van der Waals surface area contributed by atoms with Crippen LogP contribution in [-0.2, 0) is 24.4 Å². The molecule has 2 aromatic rings. The quantitative estimate of drug-likeness (QED) is 0.615. The van der Waals surface area contributed by atoms with Crippen LogP contribution in [0.25, 0.3) is 10.9 Å². The van der Waals surface area contributed by atoms with Gasteiger partial charge in [0.1, 0.15) is 12.5 Å². The molecular weight excluding hydrogens is 448 g/mol. The highest BCUT2D eigenvalue weighted by Gasteiger charge is 2.31. The van der Waals surface area contributed by atoms with Gasteiger partial charge in [-0.3, -0.25) is 9.80 Å². The van der Waals surface area contributed by atoms with E-state index < -0.39 is 0 Å². The summed E-state index contributed by atoms with van der Waals surface area (Å²) >= 11 is 3.70. The molecule has 0 radical (unpaired) electrons. The van der Waals surface area contributed by atoms with Gasteiger partial charge in [-0.25, -0.2) is 4.79 Å². The van der Waals surface area contributed by atoms with Crippen molar-refractivity contribution < 1.29 is 14.3 Å². The largest absolute Gasteiger partial charge is 0.477 e. The second-order valence-corrected chi connectivity index (χ2v) is 9.07. The van der Waals surface area contributed by atoms with Crippen LogP contribution in [0.15, 0.2) is 10.5 Å². The highest BCUT2D eigenvalue weighted by Crippen LogP contribution is 2.42. The van der Waals surface area contributed by atoms with Gasteiger partial charge >= 0.3 is 5.97 Å². The van der Waals surface area contributed by atoms with Crippen molar-refractivity contribution in [2.75, 3.05) is 53.6 Å². The lowest BCUT2D eigenvalue weighted by atomic mass is 10.0. The van der Waals surface area contributed by atoms with E-state index in [1.807, 2.05) is 14.0 Å². The number of esters is 1. The Kier molecular flexibility index (Phi) is 6.39. The molecule has 1 aromatic carbocycles. The molecule has 164 valence electrons. The van der Waals surface area contributed by atoms with Crippen molar-refractivity contribution in [1.82, 2.24) is 19.3 Å². The zero-order valence-electron chi connectivity index (χ0n) is 18.3. The Balaban J connectivity index is 1.91. The van der Waals surface area contributed by atoms with E-state index in [1.165, 1.54) is 0 Å². The summed E-state index contributed by atoms with van der Waals surface area (Å²) < 4.78 is 14.8. The molecule has 0 bridgehead atoms. The molecule has 3 heterocycles. The molecule has 1 saturated heterocycles. The molecule has 0 aliphatic carbocycles. The van der Waals surface area contributed by atoms with E-state index in [1.54, 1.807) is 0 Å². The second kappa shape index (κ2) is 8.86. The third-order valence-electron chi connectivity index (χ3n) is 6.09. The minimum atomic E-state index is -0.239. The topological polar surface area (TPSA) is 50.2 Å². The van der Waals surface area contributed by atoms with Gasteiger partial charge in [-0.15, -0.1) is 0 Å². The van der Waals surface area contributed by atoms with Gasteiger partial charge in [-0.05, 0) is 49.9 Å². The molecule has 0 unspecified atom stereocenters. The number of benzene rings is 1. The number of carbonyl (C=O) groups excluding carboxylic acids is 1. The monoisotopic (exact) mass is 478 g/mol. The number of fused-ring (bicyclic) bond motifs is 3. The molecule has 0 saturated carbocycles. The van der Waals surface area contributed by atoms with Crippen LogP contribution in [0.5, 0.6) is 5.75 Å². The Morgan fingerprint density at radius 1 is 1.17 bits per heavy atom. The number of likely N-dealkylation sites (N-methyl/N-ethyl adjacent to an activating group) is 1. The molecule has 2 aliphatic heterocycles. The summed E-state index contributed by atoms with van der Waals surface area (Å²) in [5.74, 6) is 0.599. The smallest absolute Gasteiger partial charge is 0.340 e. The van der Waals surface area contributed by atoms with Crippen molar-refractivity contribution in [2.24, 2.45) is 0 Å². The number of hydrogen-bond acceptors (Lipinski definition) is 6. The van der Waals surface area contributed by atoms with Crippen LogP contribution >= 0.6 is 15.9 Å². The van der Waals surface area contributed by atoms with Crippen molar-refractivity contribution in [3.05, 3.63) is 27.4 Å². The number of ether oxygens (including phenoxy) is 2. The fourth-order valence-electron chi connectivity index (χ4n) is 4.55. The van der Waals surface area contributed by atoms with Crippen molar-refractivity contribution in [3.63, 3.8) is 0 Å². The minimum Gasteiger partial charge on any atom is -0.477 e. The molecule has 1 aromatic heterocycles. The van der Waals surface area contributed by atoms with Crippen molar-refractivity contribution in [3.8, 4) is 5.75 Å². The second-order valence-electron chi connectivity index (χ2n) is 8.21. The summed E-state index contributed by atoms with van der Waals surface area (Å²) in [7, 11) is 4.19. The zero-order chi connectivity index (χ0) is 21.4. The van der Waals surface area contributed by atoms with Gasteiger partial charge in [0, 0.05) is 62.5 Å². The Morgan fingerprint density at radius 3 is 2.57 bits per heavy atom. The third-order valence-corrected chi connectivity index (χ3v) is 6.68. The van der Waals surface area contributed by atoms with Gasteiger partial charge in [0.25, 0.3) is 0 Å². The zero-order valence-corrected chi connectivity index (χ0v) is 19.9. The number of carbonyl (C=O) groups is 1. The average Bonchev–Trinajstić information content (AvgIpc) is 3.02. The summed E-state index contributed by atoms with van der Waals surface area (Å²) in [6, 6.07) is 2.10. The van der Waals surface area contributed by atoms with Gasteiger partial charge in [0.15, 0.2) is 0 Å². The highest BCUT2D eigenvalue weighted by atomic mass is 79.9. The first-order chi connectivity index (χ1) is 14.4. The Labute approximate surface area is 186 Å². The van der Waals surface area contributed by atoms with Gasteiger partial charge in [-0.2, -0.15) is 0 Å². The Morgan fingerprint density at radius 2 is 1.90 bits per heavy atom. The number of piperazine rings is 1. The summed E-state index contributed by atoms with van der Waals surface area (Å²) in [5, 5.41) is 0.976.